The average molecular weight is 251 g/mol. The summed E-state index contributed by atoms with van der Waals surface area (Å²) in [6, 6.07) is -0.580. The van der Waals surface area contributed by atoms with E-state index in [4.69, 9.17) is 14.9 Å². The Morgan fingerprint density at radius 3 is 2.44 bits per heavy atom. The van der Waals surface area contributed by atoms with Crippen LogP contribution in [0.2, 0.25) is 0 Å². The third kappa shape index (κ3) is 7.05. The maximum atomic E-state index is 11.6. The molecule has 0 amide bonds. The normalized spacial score (nSPS) is 15.6. The van der Waals surface area contributed by atoms with Crippen LogP contribution in [0.4, 0.5) is 0 Å². The van der Waals surface area contributed by atoms with E-state index in [2.05, 4.69) is 17.9 Å². The molecule has 5 nitrogen and oxygen atoms in total. The Kier molecular flexibility index (Phi) is 6.98. The van der Waals surface area contributed by atoms with Gasteiger partial charge in [0.15, 0.2) is 0 Å². The number of aliphatic hydroxyl groups excluding tert-OH is 2. The summed E-state index contributed by atoms with van der Waals surface area (Å²) in [6.45, 7) is 5.12. The van der Waals surface area contributed by atoms with Crippen molar-refractivity contribution in [1.82, 2.24) is 5.32 Å². The highest BCUT2D eigenvalue weighted by Crippen LogP contribution is 2.08. The average Bonchev–Trinajstić information content (AvgIpc) is 2.15. The van der Waals surface area contributed by atoms with Gasteiger partial charge in [-0.25, -0.2) is 0 Å². The summed E-state index contributed by atoms with van der Waals surface area (Å²) < 4.78 is 5.16. The molecule has 0 aliphatic rings. The van der Waals surface area contributed by atoms with Crippen molar-refractivity contribution in [1.29, 1.82) is 0 Å². The number of carbonyl (C=O) groups is 1. The minimum absolute atomic E-state index is 0.126. The minimum Gasteiger partial charge on any atom is -0.459 e. The van der Waals surface area contributed by atoms with Crippen LogP contribution in [0, 0.1) is 0 Å². The van der Waals surface area contributed by atoms with Crippen LogP contribution in [-0.2, 0) is 9.53 Å². The van der Waals surface area contributed by atoms with E-state index in [0.717, 1.165) is 0 Å². The first-order chi connectivity index (χ1) is 7.30. The van der Waals surface area contributed by atoms with Crippen LogP contribution in [-0.4, -0.2) is 52.8 Å². The van der Waals surface area contributed by atoms with Gasteiger partial charge in [0.2, 0.25) is 0 Å². The van der Waals surface area contributed by atoms with E-state index in [0.29, 0.717) is 0 Å². The zero-order valence-corrected chi connectivity index (χ0v) is 10.8. The van der Waals surface area contributed by atoms with E-state index in [1.807, 2.05) is 0 Å². The Hall–Kier alpha value is -0.300. The Bertz CT molecular complexity index is 217. The van der Waals surface area contributed by atoms with Crippen LogP contribution in [0.5, 0.6) is 0 Å². The fraction of sp³-hybridized carbons (Fsp3) is 0.900. The molecule has 0 heterocycles. The number of hydrogen-bond acceptors (Lipinski definition) is 6. The van der Waals surface area contributed by atoms with Crippen molar-refractivity contribution in [2.75, 3.05) is 18.9 Å². The highest BCUT2D eigenvalue weighted by atomic mass is 32.1. The highest BCUT2D eigenvalue weighted by molar-refractivity contribution is 7.80. The molecule has 0 aromatic heterocycles. The van der Waals surface area contributed by atoms with Crippen molar-refractivity contribution >= 4 is 18.6 Å². The largest absolute Gasteiger partial charge is 0.459 e. The molecular formula is C10H21NO4S. The molecule has 0 saturated carbocycles. The Labute approximate surface area is 102 Å². The molecule has 1 unspecified atom stereocenters. The molecule has 0 aromatic carbocycles. The lowest BCUT2D eigenvalue weighted by molar-refractivity contribution is -0.156. The summed E-state index contributed by atoms with van der Waals surface area (Å²) in [5.74, 6) is -0.139. The Morgan fingerprint density at radius 1 is 1.50 bits per heavy atom. The predicted octanol–water partition coefficient (Wildman–Crippen LogP) is -0.431. The van der Waals surface area contributed by atoms with E-state index in [1.54, 1.807) is 20.8 Å². The standard InChI is InChI=1S/C10H21NO4S/c1-10(2,3)15-9(14)8(6-16)11-4-7(13)5-12/h7-8,11-13,16H,4-6H2,1-3H3/t7?,8-/m0/s1. The van der Waals surface area contributed by atoms with Crippen molar-refractivity contribution in [2.24, 2.45) is 0 Å². The van der Waals surface area contributed by atoms with Crippen molar-refractivity contribution < 1.29 is 19.7 Å². The first-order valence-electron chi connectivity index (χ1n) is 5.16. The third-order valence-electron chi connectivity index (χ3n) is 1.68. The molecule has 0 aromatic rings. The van der Waals surface area contributed by atoms with Gasteiger partial charge in [0.25, 0.3) is 0 Å². The van der Waals surface area contributed by atoms with Crippen LogP contribution in [0.15, 0.2) is 0 Å². The lowest BCUT2D eigenvalue weighted by Gasteiger charge is -2.24. The van der Waals surface area contributed by atoms with E-state index in [9.17, 15) is 4.79 Å². The Morgan fingerprint density at radius 2 is 2.06 bits per heavy atom. The quantitative estimate of drug-likeness (QED) is 0.380. The molecule has 16 heavy (non-hydrogen) atoms. The van der Waals surface area contributed by atoms with Crippen LogP contribution in [0.25, 0.3) is 0 Å². The molecule has 0 aliphatic carbocycles. The summed E-state index contributed by atoms with van der Waals surface area (Å²) >= 11 is 4.03. The van der Waals surface area contributed by atoms with Crippen molar-refractivity contribution in [3.63, 3.8) is 0 Å². The van der Waals surface area contributed by atoms with E-state index in [1.165, 1.54) is 0 Å². The van der Waals surface area contributed by atoms with Crippen molar-refractivity contribution in [3.05, 3.63) is 0 Å². The first-order valence-corrected chi connectivity index (χ1v) is 5.79. The monoisotopic (exact) mass is 251 g/mol. The maximum Gasteiger partial charge on any atom is 0.324 e. The topological polar surface area (TPSA) is 78.8 Å². The van der Waals surface area contributed by atoms with Gasteiger partial charge in [0.1, 0.15) is 11.6 Å². The number of aliphatic hydroxyl groups is 2. The third-order valence-corrected chi connectivity index (χ3v) is 2.05. The first kappa shape index (κ1) is 15.7. The smallest absolute Gasteiger partial charge is 0.324 e. The van der Waals surface area contributed by atoms with Gasteiger partial charge in [0.05, 0.1) is 12.7 Å². The number of thiol groups is 1. The second-order valence-corrected chi connectivity index (χ2v) is 4.88. The molecule has 0 fully saturated rings. The van der Waals surface area contributed by atoms with Gasteiger partial charge in [-0.1, -0.05) is 0 Å². The zero-order valence-electron chi connectivity index (χ0n) is 9.93. The SMILES string of the molecule is CC(C)(C)OC(=O)[C@H](CS)NCC(O)CO. The molecule has 0 rings (SSSR count). The summed E-state index contributed by atoms with van der Waals surface area (Å²) in [5.41, 5.74) is -0.546. The number of hydrogen-bond donors (Lipinski definition) is 4. The molecule has 0 bridgehead atoms. The molecule has 6 heteroatoms. The van der Waals surface area contributed by atoms with Gasteiger partial charge in [-0.15, -0.1) is 0 Å². The summed E-state index contributed by atoms with van der Waals surface area (Å²) in [5, 5.41) is 20.5. The second kappa shape index (κ2) is 7.11. The van der Waals surface area contributed by atoms with Crippen LogP contribution in [0.3, 0.4) is 0 Å². The fourth-order valence-electron chi connectivity index (χ4n) is 0.938. The van der Waals surface area contributed by atoms with Gasteiger partial charge < -0.3 is 20.3 Å². The molecule has 3 N–H and O–H groups in total. The number of nitrogens with one attached hydrogen (secondary N) is 1. The molecule has 0 radical (unpaired) electrons. The number of ether oxygens (including phenoxy) is 1. The zero-order chi connectivity index (χ0) is 12.8. The summed E-state index contributed by atoms with van der Waals surface area (Å²) in [7, 11) is 0. The lowest BCUT2D eigenvalue weighted by Crippen LogP contribution is -2.45. The summed E-state index contributed by atoms with van der Waals surface area (Å²) in [4.78, 5) is 11.6. The van der Waals surface area contributed by atoms with Gasteiger partial charge in [-0.2, -0.15) is 12.6 Å². The van der Waals surface area contributed by atoms with Crippen LogP contribution in [0.1, 0.15) is 20.8 Å². The van der Waals surface area contributed by atoms with Gasteiger partial charge >= 0.3 is 5.97 Å². The van der Waals surface area contributed by atoms with Crippen LogP contribution >= 0.6 is 12.6 Å². The van der Waals surface area contributed by atoms with Crippen molar-refractivity contribution in [3.8, 4) is 0 Å². The van der Waals surface area contributed by atoms with E-state index < -0.39 is 23.7 Å². The van der Waals surface area contributed by atoms with Crippen LogP contribution < -0.4 is 5.32 Å². The van der Waals surface area contributed by atoms with E-state index in [-0.39, 0.29) is 18.9 Å². The predicted molar refractivity (Wildman–Crippen MR) is 64.6 cm³/mol. The highest BCUT2D eigenvalue weighted by Gasteiger charge is 2.24. The van der Waals surface area contributed by atoms with Crippen molar-refractivity contribution in [2.45, 2.75) is 38.5 Å². The second-order valence-electron chi connectivity index (χ2n) is 4.51. The molecule has 96 valence electrons. The van der Waals surface area contributed by atoms with Gasteiger partial charge in [0, 0.05) is 12.3 Å². The minimum atomic E-state index is -0.884. The molecular weight excluding hydrogens is 230 g/mol. The Balaban J connectivity index is 4.12. The number of rotatable bonds is 6. The summed E-state index contributed by atoms with van der Waals surface area (Å²) in [6.07, 6.45) is -0.884. The molecule has 0 saturated heterocycles. The fourth-order valence-corrected chi connectivity index (χ4v) is 1.22. The maximum absolute atomic E-state index is 11.6. The molecule has 0 spiro atoms. The van der Waals surface area contributed by atoms with Gasteiger partial charge in [-0.3, -0.25) is 4.79 Å². The number of esters is 1. The van der Waals surface area contributed by atoms with E-state index >= 15 is 0 Å². The molecule has 2 atom stereocenters. The van der Waals surface area contributed by atoms with Gasteiger partial charge in [-0.05, 0) is 20.8 Å². The molecule has 0 aliphatic heterocycles. The number of carbonyl (C=O) groups excluding carboxylic acids is 1. The lowest BCUT2D eigenvalue weighted by atomic mass is 10.2.